The van der Waals surface area contributed by atoms with Crippen LogP contribution in [0.1, 0.15) is 46.8 Å². The molecule has 1 fully saturated rings. The van der Waals surface area contributed by atoms with Gasteiger partial charge in [0.05, 0.1) is 0 Å². The number of pyridine rings is 1. The average molecular weight is 399 g/mol. The first-order valence-electron chi connectivity index (χ1n) is 9.75. The molecule has 0 radical (unpaired) electrons. The topological polar surface area (TPSA) is 80.3 Å². The Hall–Kier alpha value is -2.96. The third-order valence-electron chi connectivity index (χ3n) is 4.65. The summed E-state index contributed by atoms with van der Waals surface area (Å²) < 4.78 is 18.6. The molecule has 1 aromatic heterocycles. The second-order valence-electron chi connectivity index (χ2n) is 7.53. The van der Waals surface area contributed by atoms with Crippen molar-refractivity contribution in [2.75, 3.05) is 11.9 Å². The summed E-state index contributed by atoms with van der Waals surface area (Å²) in [5, 5.41) is 5.62. The summed E-state index contributed by atoms with van der Waals surface area (Å²) in [6.45, 7) is 5.60. The van der Waals surface area contributed by atoms with Crippen LogP contribution in [0.4, 0.5) is 10.2 Å². The Morgan fingerprint density at radius 2 is 1.93 bits per heavy atom. The summed E-state index contributed by atoms with van der Waals surface area (Å²) in [4.78, 5) is 28.5. The van der Waals surface area contributed by atoms with E-state index in [1.165, 1.54) is 13.1 Å². The first-order valence-corrected chi connectivity index (χ1v) is 9.75. The molecule has 1 aromatic carbocycles. The lowest BCUT2D eigenvalue weighted by Crippen LogP contribution is -2.23. The van der Waals surface area contributed by atoms with E-state index in [1.54, 1.807) is 12.1 Å². The maximum Gasteiger partial charge on any atom is 0.251 e. The van der Waals surface area contributed by atoms with E-state index in [9.17, 15) is 14.0 Å². The normalized spacial score (nSPS) is 14.2. The van der Waals surface area contributed by atoms with Crippen LogP contribution in [-0.2, 0) is 11.3 Å². The van der Waals surface area contributed by atoms with Gasteiger partial charge in [-0.25, -0.2) is 9.37 Å². The third kappa shape index (κ3) is 5.76. The summed E-state index contributed by atoms with van der Waals surface area (Å²) in [5.74, 6) is 0.821. The standard InChI is InChI=1S/C22H26FN3O3/c1-13-8-16(9-14(2)20(13)29-12-15(3)23)11-25-21(27)18-6-7-24-19(10-18)26-22(28)17-4-5-17/h6-10,15,17H,4-5,11-12H2,1-3H3,(H,25,27)(H,24,26,28). The Kier molecular flexibility index (Phi) is 6.46. The number of amides is 2. The van der Waals surface area contributed by atoms with Gasteiger partial charge in [0.2, 0.25) is 5.91 Å². The SMILES string of the molecule is Cc1cc(CNC(=O)c2ccnc(NC(=O)C3CC3)c2)cc(C)c1OCC(C)F. The Labute approximate surface area is 169 Å². The highest BCUT2D eigenvalue weighted by Gasteiger charge is 2.29. The van der Waals surface area contributed by atoms with Gasteiger partial charge in [-0.3, -0.25) is 9.59 Å². The minimum atomic E-state index is -1.04. The fourth-order valence-corrected chi connectivity index (χ4v) is 3.07. The molecule has 3 rings (SSSR count). The molecule has 1 aliphatic rings. The number of anilines is 1. The third-order valence-corrected chi connectivity index (χ3v) is 4.65. The molecule has 0 bridgehead atoms. The highest BCUT2D eigenvalue weighted by Crippen LogP contribution is 2.30. The van der Waals surface area contributed by atoms with E-state index in [-0.39, 0.29) is 24.3 Å². The van der Waals surface area contributed by atoms with Gasteiger partial charge in [0.15, 0.2) is 0 Å². The van der Waals surface area contributed by atoms with E-state index < -0.39 is 6.17 Å². The number of alkyl halides is 1. The maximum absolute atomic E-state index is 13.0. The largest absolute Gasteiger partial charge is 0.490 e. The quantitative estimate of drug-likeness (QED) is 0.709. The highest BCUT2D eigenvalue weighted by atomic mass is 19.1. The molecule has 7 heteroatoms. The molecule has 1 saturated carbocycles. The molecule has 2 aromatic rings. The first-order chi connectivity index (χ1) is 13.8. The number of ether oxygens (including phenoxy) is 1. The number of carbonyl (C=O) groups excluding carboxylic acids is 2. The van der Waals surface area contributed by atoms with Crippen molar-refractivity contribution in [2.24, 2.45) is 5.92 Å². The fourth-order valence-electron chi connectivity index (χ4n) is 3.07. The van der Waals surface area contributed by atoms with E-state index in [0.717, 1.165) is 29.5 Å². The minimum absolute atomic E-state index is 0.0133. The Morgan fingerprint density at radius 1 is 1.24 bits per heavy atom. The summed E-state index contributed by atoms with van der Waals surface area (Å²) in [5.41, 5.74) is 3.13. The molecule has 1 heterocycles. The monoisotopic (exact) mass is 399 g/mol. The number of aromatic nitrogens is 1. The molecule has 1 atom stereocenters. The number of hydrogen-bond acceptors (Lipinski definition) is 4. The molecular weight excluding hydrogens is 373 g/mol. The molecule has 2 amide bonds. The zero-order valence-corrected chi connectivity index (χ0v) is 16.9. The van der Waals surface area contributed by atoms with Gasteiger partial charge in [0.25, 0.3) is 5.91 Å². The molecule has 2 N–H and O–H groups in total. The van der Waals surface area contributed by atoms with Crippen molar-refractivity contribution < 1.29 is 18.7 Å². The van der Waals surface area contributed by atoms with Gasteiger partial charge in [0, 0.05) is 24.2 Å². The van der Waals surface area contributed by atoms with Crippen molar-refractivity contribution in [1.82, 2.24) is 10.3 Å². The van der Waals surface area contributed by atoms with Crippen LogP contribution in [0.5, 0.6) is 5.75 Å². The Balaban J connectivity index is 1.61. The van der Waals surface area contributed by atoms with Gasteiger partial charge in [-0.15, -0.1) is 0 Å². The van der Waals surface area contributed by atoms with E-state index in [1.807, 2.05) is 26.0 Å². The molecule has 1 unspecified atom stereocenters. The fraction of sp³-hybridized carbons (Fsp3) is 0.409. The van der Waals surface area contributed by atoms with Gasteiger partial charge >= 0.3 is 0 Å². The van der Waals surface area contributed by atoms with E-state index in [2.05, 4.69) is 15.6 Å². The molecule has 6 nitrogen and oxygen atoms in total. The predicted octanol–water partition coefficient (Wildman–Crippen LogP) is 3.71. The summed E-state index contributed by atoms with van der Waals surface area (Å²) in [6.07, 6.45) is 2.28. The van der Waals surface area contributed by atoms with Crippen LogP contribution in [0.25, 0.3) is 0 Å². The Morgan fingerprint density at radius 3 is 2.55 bits per heavy atom. The van der Waals surface area contributed by atoms with E-state index >= 15 is 0 Å². The zero-order valence-electron chi connectivity index (χ0n) is 16.9. The van der Waals surface area contributed by atoms with Gasteiger partial charge < -0.3 is 15.4 Å². The minimum Gasteiger partial charge on any atom is -0.490 e. The second-order valence-corrected chi connectivity index (χ2v) is 7.53. The molecule has 29 heavy (non-hydrogen) atoms. The molecule has 0 spiro atoms. The predicted molar refractivity (Wildman–Crippen MR) is 109 cm³/mol. The van der Waals surface area contributed by atoms with Crippen LogP contribution in [0.3, 0.4) is 0 Å². The van der Waals surface area contributed by atoms with Crippen LogP contribution in [0, 0.1) is 19.8 Å². The van der Waals surface area contributed by atoms with Crippen molar-refractivity contribution in [1.29, 1.82) is 0 Å². The summed E-state index contributed by atoms with van der Waals surface area (Å²) in [6, 6.07) is 7.01. The maximum atomic E-state index is 13.0. The average Bonchev–Trinajstić information content (AvgIpc) is 3.50. The smallest absolute Gasteiger partial charge is 0.251 e. The van der Waals surface area contributed by atoms with Gasteiger partial charge in [-0.2, -0.15) is 0 Å². The van der Waals surface area contributed by atoms with Crippen molar-refractivity contribution in [3.8, 4) is 5.75 Å². The number of nitrogens with zero attached hydrogens (tertiary/aromatic N) is 1. The summed E-state index contributed by atoms with van der Waals surface area (Å²) >= 11 is 0. The molecule has 154 valence electrons. The van der Waals surface area contributed by atoms with Crippen molar-refractivity contribution in [3.05, 3.63) is 52.7 Å². The van der Waals surface area contributed by atoms with Gasteiger partial charge in [0.1, 0.15) is 24.3 Å². The van der Waals surface area contributed by atoms with Crippen LogP contribution in [0.2, 0.25) is 0 Å². The lowest BCUT2D eigenvalue weighted by molar-refractivity contribution is -0.117. The lowest BCUT2D eigenvalue weighted by Gasteiger charge is -2.15. The number of nitrogens with one attached hydrogen (secondary N) is 2. The van der Waals surface area contributed by atoms with Crippen LogP contribution < -0.4 is 15.4 Å². The molecular formula is C22H26FN3O3. The number of halogens is 1. The number of benzene rings is 1. The van der Waals surface area contributed by atoms with Crippen LogP contribution in [0.15, 0.2) is 30.5 Å². The van der Waals surface area contributed by atoms with Gasteiger partial charge in [-0.05, 0) is 62.4 Å². The zero-order chi connectivity index (χ0) is 21.0. The van der Waals surface area contributed by atoms with Gasteiger partial charge in [-0.1, -0.05) is 12.1 Å². The van der Waals surface area contributed by atoms with E-state index in [0.29, 0.717) is 23.7 Å². The van der Waals surface area contributed by atoms with Crippen molar-refractivity contribution in [3.63, 3.8) is 0 Å². The first kappa shape index (κ1) is 20.8. The lowest BCUT2D eigenvalue weighted by atomic mass is 10.1. The molecule has 0 saturated heterocycles. The van der Waals surface area contributed by atoms with Crippen LogP contribution in [-0.4, -0.2) is 29.6 Å². The van der Waals surface area contributed by atoms with Crippen molar-refractivity contribution >= 4 is 17.6 Å². The number of rotatable bonds is 8. The number of hydrogen-bond donors (Lipinski definition) is 2. The van der Waals surface area contributed by atoms with E-state index in [4.69, 9.17) is 4.74 Å². The Bertz CT molecular complexity index is 887. The molecule has 0 aliphatic heterocycles. The molecule has 1 aliphatic carbocycles. The highest BCUT2D eigenvalue weighted by molar-refractivity contribution is 5.97. The second kappa shape index (κ2) is 9.03. The van der Waals surface area contributed by atoms with Crippen molar-refractivity contribution in [2.45, 2.75) is 46.3 Å². The number of carbonyl (C=O) groups is 2. The number of aryl methyl sites for hydroxylation is 2. The van der Waals surface area contributed by atoms with Crippen LogP contribution >= 0.6 is 0 Å². The summed E-state index contributed by atoms with van der Waals surface area (Å²) in [7, 11) is 0.